The fourth-order valence-corrected chi connectivity index (χ4v) is 4.45. The Morgan fingerprint density at radius 2 is 1.88 bits per heavy atom. The smallest absolute Gasteiger partial charge is 0.255 e. The summed E-state index contributed by atoms with van der Waals surface area (Å²) >= 11 is 0. The second-order valence-electron chi connectivity index (χ2n) is 9.17. The number of nitrogens with one attached hydrogen (secondary N) is 2. The van der Waals surface area contributed by atoms with E-state index in [-0.39, 0.29) is 25.3 Å². The number of fused-ring (bicyclic) bond motifs is 1. The van der Waals surface area contributed by atoms with Gasteiger partial charge in [-0.05, 0) is 35.4 Å². The molecule has 3 heterocycles. The van der Waals surface area contributed by atoms with E-state index in [2.05, 4.69) is 25.6 Å². The molecule has 0 saturated carbocycles. The highest BCUT2D eigenvalue weighted by Gasteiger charge is 2.43. The molecule has 5 rings (SSSR count). The first-order valence-corrected chi connectivity index (χ1v) is 12.5. The summed E-state index contributed by atoms with van der Waals surface area (Å²) in [5.41, 5.74) is 1.12. The van der Waals surface area contributed by atoms with Crippen LogP contribution in [-0.4, -0.2) is 90.3 Å². The van der Waals surface area contributed by atoms with E-state index in [0.717, 1.165) is 6.08 Å². The Labute approximate surface area is 231 Å². The highest BCUT2D eigenvalue weighted by molar-refractivity contribution is 6.55. The van der Waals surface area contributed by atoms with Gasteiger partial charge >= 0.3 is 0 Å². The summed E-state index contributed by atoms with van der Waals surface area (Å²) in [6.07, 6.45) is 3.31. The molecule has 3 aromatic rings. The molecule has 1 aliphatic carbocycles. The molecular formula is C27H25FN6O7. The van der Waals surface area contributed by atoms with Crippen LogP contribution >= 0.6 is 0 Å². The zero-order valence-electron chi connectivity index (χ0n) is 21.3. The number of nitrogens with zero attached hydrogens (tertiary/aromatic N) is 4. The van der Waals surface area contributed by atoms with E-state index in [0.29, 0.717) is 28.1 Å². The Balaban J connectivity index is 1.23. The van der Waals surface area contributed by atoms with Crippen molar-refractivity contribution in [1.29, 1.82) is 0 Å². The number of benzene rings is 1. The van der Waals surface area contributed by atoms with Crippen molar-refractivity contribution in [2.24, 2.45) is 0 Å². The standard InChI is InChI=1S/C27H25FN6O7/c28-16-5-3-14(4-6-16)15-10-17(21(37)18(36)11-15)26(40)30-7-1-2-19-22(38)23(39)27(41-19)34-13-33-20-24(29-8-9-35)31-12-32-25(20)34/h1-6,10-13,19,22-23,27,35,38-39H,7-9H2,(H,30,40)(H,29,31,32)/b2-1+/t19-,22-,23-,27-/m1/s1. The average molecular weight is 565 g/mol. The Kier molecular flexibility index (Phi) is 8.07. The SMILES string of the molecule is O=C1C=C(c2ccc(F)cc2)C=C(C(=O)NC/C=C/[C@H]2O[C@@H](n3cnc4c(NCCO)ncnc43)[C@H](O)[C@@H]2O)C1=O. The highest BCUT2D eigenvalue weighted by atomic mass is 19.1. The number of aromatic nitrogens is 4. The molecule has 0 bridgehead atoms. The third kappa shape index (κ3) is 5.67. The molecule has 0 unspecified atom stereocenters. The number of allylic oxidation sites excluding steroid dienone is 3. The number of hydrogen-bond acceptors (Lipinski definition) is 11. The second kappa shape index (κ2) is 11.9. The molecular weight excluding hydrogens is 539 g/mol. The summed E-state index contributed by atoms with van der Waals surface area (Å²) in [6.45, 7) is 0.0522. The van der Waals surface area contributed by atoms with Crippen LogP contribution in [0.2, 0.25) is 0 Å². The van der Waals surface area contributed by atoms with Gasteiger partial charge in [0, 0.05) is 13.1 Å². The fraction of sp³-hybridized carbons (Fsp3) is 0.259. The molecule has 1 saturated heterocycles. The molecule has 1 amide bonds. The minimum atomic E-state index is -1.34. The maximum absolute atomic E-state index is 13.3. The summed E-state index contributed by atoms with van der Waals surface area (Å²) in [4.78, 5) is 49.7. The topological polar surface area (TPSA) is 189 Å². The van der Waals surface area contributed by atoms with Crippen LogP contribution in [0.25, 0.3) is 16.7 Å². The fourth-order valence-electron chi connectivity index (χ4n) is 4.45. The molecule has 1 aromatic carbocycles. The average Bonchev–Trinajstić information content (AvgIpc) is 3.52. The normalized spacial score (nSPS) is 22.7. The maximum Gasteiger partial charge on any atom is 0.255 e. The van der Waals surface area contributed by atoms with Gasteiger partial charge in [-0.1, -0.05) is 24.3 Å². The largest absolute Gasteiger partial charge is 0.395 e. The quantitative estimate of drug-likeness (QED) is 0.100. The summed E-state index contributed by atoms with van der Waals surface area (Å²) in [7, 11) is 0. The highest BCUT2D eigenvalue weighted by Crippen LogP contribution is 2.32. The number of halogens is 1. The number of anilines is 1. The predicted molar refractivity (Wildman–Crippen MR) is 141 cm³/mol. The molecule has 1 fully saturated rings. The van der Waals surface area contributed by atoms with Crippen molar-refractivity contribution in [3.8, 4) is 0 Å². The van der Waals surface area contributed by atoms with E-state index in [9.17, 15) is 29.0 Å². The summed E-state index contributed by atoms with van der Waals surface area (Å²) < 4.78 is 20.5. The van der Waals surface area contributed by atoms with Gasteiger partial charge < -0.3 is 30.7 Å². The third-order valence-corrected chi connectivity index (χ3v) is 6.50. The molecule has 41 heavy (non-hydrogen) atoms. The Morgan fingerprint density at radius 3 is 2.63 bits per heavy atom. The van der Waals surface area contributed by atoms with Crippen molar-refractivity contribution >= 4 is 40.0 Å². The molecule has 0 spiro atoms. The molecule has 1 aliphatic heterocycles. The van der Waals surface area contributed by atoms with Gasteiger partial charge in [0.15, 0.2) is 23.2 Å². The molecule has 2 aromatic heterocycles. The zero-order chi connectivity index (χ0) is 29.1. The molecule has 4 atom stereocenters. The monoisotopic (exact) mass is 564 g/mol. The first-order valence-electron chi connectivity index (χ1n) is 12.5. The van der Waals surface area contributed by atoms with Crippen molar-refractivity contribution in [2.75, 3.05) is 25.0 Å². The lowest BCUT2D eigenvalue weighted by Crippen LogP contribution is -2.33. The first-order chi connectivity index (χ1) is 19.8. The number of aliphatic hydroxyl groups excluding tert-OH is 3. The van der Waals surface area contributed by atoms with Crippen LogP contribution in [0.4, 0.5) is 10.2 Å². The van der Waals surface area contributed by atoms with Crippen LogP contribution in [-0.2, 0) is 19.1 Å². The van der Waals surface area contributed by atoms with Gasteiger partial charge in [0.2, 0.25) is 11.6 Å². The van der Waals surface area contributed by atoms with Crippen molar-refractivity contribution in [3.05, 3.63) is 78.2 Å². The van der Waals surface area contributed by atoms with Gasteiger partial charge in [-0.3, -0.25) is 19.0 Å². The van der Waals surface area contributed by atoms with Crippen molar-refractivity contribution in [3.63, 3.8) is 0 Å². The van der Waals surface area contributed by atoms with Gasteiger partial charge in [-0.15, -0.1) is 0 Å². The predicted octanol–water partition coefficient (Wildman–Crippen LogP) is -0.177. The summed E-state index contributed by atoms with van der Waals surface area (Å²) in [5, 5.41) is 35.7. The van der Waals surface area contributed by atoms with Crippen LogP contribution in [0.15, 0.2) is 66.8 Å². The number of aliphatic hydroxyl groups is 3. The Hall–Kier alpha value is -4.63. The molecule has 2 aliphatic rings. The van der Waals surface area contributed by atoms with E-state index in [1.54, 1.807) is 0 Å². The minimum absolute atomic E-state index is 0.0816. The van der Waals surface area contributed by atoms with E-state index in [1.165, 1.54) is 59.7 Å². The molecule has 14 heteroatoms. The molecule has 212 valence electrons. The molecule has 5 N–H and O–H groups in total. The Morgan fingerprint density at radius 1 is 1.10 bits per heavy atom. The first kappa shape index (κ1) is 27.9. The van der Waals surface area contributed by atoms with Crippen molar-refractivity contribution in [2.45, 2.75) is 24.5 Å². The number of imidazole rings is 1. The number of Topliss-reactive ketones (excluding diaryl/α,β-unsaturated/α-hetero) is 1. The van der Waals surface area contributed by atoms with Crippen LogP contribution in [0.1, 0.15) is 11.8 Å². The van der Waals surface area contributed by atoms with Crippen LogP contribution in [0, 0.1) is 5.82 Å². The lowest BCUT2D eigenvalue weighted by Gasteiger charge is -2.16. The molecule has 13 nitrogen and oxygen atoms in total. The van der Waals surface area contributed by atoms with Gasteiger partial charge in [0.25, 0.3) is 5.91 Å². The zero-order valence-corrected chi connectivity index (χ0v) is 21.3. The van der Waals surface area contributed by atoms with Gasteiger partial charge in [0.1, 0.15) is 30.5 Å². The number of hydrogen-bond donors (Lipinski definition) is 5. The van der Waals surface area contributed by atoms with E-state index in [4.69, 9.17) is 9.84 Å². The Bertz CT molecular complexity index is 1580. The van der Waals surface area contributed by atoms with E-state index < -0.39 is 47.8 Å². The third-order valence-electron chi connectivity index (χ3n) is 6.50. The van der Waals surface area contributed by atoms with Gasteiger partial charge in [0.05, 0.1) is 18.5 Å². The molecule has 0 radical (unpaired) electrons. The van der Waals surface area contributed by atoms with Crippen LogP contribution < -0.4 is 10.6 Å². The minimum Gasteiger partial charge on any atom is -0.395 e. The lowest BCUT2D eigenvalue weighted by atomic mass is 9.92. The summed E-state index contributed by atoms with van der Waals surface area (Å²) in [5.74, 6) is -2.71. The van der Waals surface area contributed by atoms with Crippen molar-refractivity contribution in [1.82, 2.24) is 24.8 Å². The number of ketones is 2. The number of rotatable bonds is 9. The van der Waals surface area contributed by atoms with Gasteiger partial charge in [-0.25, -0.2) is 19.3 Å². The van der Waals surface area contributed by atoms with E-state index >= 15 is 0 Å². The van der Waals surface area contributed by atoms with Crippen LogP contribution in [0.5, 0.6) is 0 Å². The number of carbonyl (C=O) groups is 3. The lowest BCUT2D eigenvalue weighted by molar-refractivity contribution is -0.133. The van der Waals surface area contributed by atoms with Crippen LogP contribution in [0.3, 0.4) is 0 Å². The summed E-state index contributed by atoms with van der Waals surface area (Å²) in [6, 6.07) is 5.26. The number of carbonyl (C=O) groups excluding carboxylic acids is 3. The maximum atomic E-state index is 13.3. The number of ether oxygens (including phenoxy) is 1. The van der Waals surface area contributed by atoms with Gasteiger partial charge in [-0.2, -0.15) is 0 Å². The van der Waals surface area contributed by atoms with E-state index in [1.807, 2.05) is 0 Å². The number of amides is 1. The second-order valence-corrected chi connectivity index (χ2v) is 9.17. The van der Waals surface area contributed by atoms with Crippen molar-refractivity contribution < 1.29 is 38.8 Å².